The highest BCUT2D eigenvalue weighted by Gasteiger charge is 2.13. The lowest BCUT2D eigenvalue weighted by molar-refractivity contribution is 0.496. The molecule has 0 saturated carbocycles. The highest BCUT2D eigenvalue weighted by Crippen LogP contribution is 2.30. The number of nitrogens with zero attached hydrogens (tertiary/aromatic N) is 1. The standard InChI is InChI=1S/C14H17BrClN3/c1-8(2)5-12(17)14-18-7-13(19-14)10-4-3-9(15)6-11(10)16/h3-4,6-8,12H,5,17H2,1-2H3,(H,18,19). The number of aromatic nitrogens is 2. The van der Waals surface area contributed by atoms with Crippen molar-refractivity contribution in [2.24, 2.45) is 11.7 Å². The van der Waals surface area contributed by atoms with Crippen molar-refractivity contribution in [3.8, 4) is 11.3 Å². The molecule has 5 heteroatoms. The summed E-state index contributed by atoms with van der Waals surface area (Å²) in [6.45, 7) is 4.30. The molecule has 1 aromatic heterocycles. The van der Waals surface area contributed by atoms with E-state index >= 15 is 0 Å². The lowest BCUT2D eigenvalue weighted by Gasteiger charge is -2.11. The summed E-state index contributed by atoms with van der Waals surface area (Å²) in [5.74, 6) is 1.35. The number of halogens is 2. The molecule has 1 unspecified atom stereocenters. The van der Waals surface area contributed by atoms with Crippen LogP contribution in [0.25, 0.3) is 11.3 Å². The Morgan fingerprint density at radius 1 is 1.42 bits per heavy atom. The smallest absolute Gasteiger partial charge is 0.123 e. The fourth-order valence-electron chi connectivity index (χ4n) is 1.99. The van der Waals surface area contributed by atoms with Gasteiger partial charge in [0.05, 0.1) is 23.0 Å². The van der Waals surface area contributed by atoms with Crippen molar-refractivity contribution in [2.45, 2.75) is 26.3 Å². The summed E-state index contributed by atoms with van der Waals surface area (Å²) in [5.41, 5.74) is 7.94. The summed E-state index contributed by atoms with van der Waals surface area (Å²) in [6.07, 6.45) is 2.69. The average molecular weight is 343 g/mol. The molecule has 0 aliphatic heterocycles. The summed E-state index contributed by atoms with van der Waals surface area (Å²) in [5, 5.41) is 0.682. The van der Waals surface area contributed by atoms with E-state index in [1.54, 1.807) is 6.20 Å². The molecule has 0 spiro atoms. The van der Waals surface area contributed by atoms with Crippen molar-refractivity contribution < 1.29 is 0 Å². The van der Waals surface area contributed by atoms with Crippen LogP contribution in [0, 0.1) is 5.92 Å². The molecule has 0 amide bonds. The van der Waals surface area contributed by atoms with Crippen LogP contribution >= 0.6 is 27.5 Å². The van der Waals surface area contributed by atoms with Crippen molar-refractivity contribution >= 4 is 27.5 Å². The van der Waals surface area contributed by atoms with Crippen molar-refractivity contribution in [3.63, 3.8) is 0 Å². The maximum Gasteiger partial charge on any atom is 0.123 e. The molecule has 1 aromatic carbocycles. The number of imidazole rings is 1. The quantitative estimate of drug-likeness (QED) is 0.857. The summed E-state index contributed by atoms with van der Waals surface area (Å²) in [6, 6.07) is 5.71. The third-order valence-electron chi connectivity index (χ3n) is 2.89. The van der Waals surface area contributed by atoms with Crippen LogP contribution in [0.1, 0.15) is 32.1 Å². The van der Waals surface area contributed by atoms with Crippen molar-refractivity contribution in [3.05, 3.63) is 39.7 Å². The molecule has 0 fully saturated rings. The van der Waals surface area contributed by atoms with Gasteiger partial charge in [0.25, 0.3) is 0 Å². The molecule has 0 aliphatic rings. The van der Waals surface area contributed by atoms with Gasteiger partial charge >= 0.3 is 0 Å². The maximum absolute atomic E-state index is 6.23. The Morgan fingerprint density at radius 3 is 2.79 bits per heavy atom. The zero-order chi connectivity index (χ0) is 14.0. The molecule has 2 rings (SSSR count). The molecule has 0 aliphatic carbocycles. The highest BCUT2D eigenvalue weighted by atomic mass is 79.9. The van der Waals surface area contributed by atoms with Crippen LogP contribution in [-0.2, 0) is 0 Å². The first-order valence-electron chi connectivity index (χ1n) is 6.23. The van der Waals surface area contributed by atoms with Gasteiger partial charge in [-0.05, 0) is 24.5 Å². The van der Waals surface area contributed by atoms with Crippen LogP contribution in [0.5, 0.6) is 0 Å². The Bertz CT molecular complexity index is 566. The normalized spacial score (nSPS) is 12.9. The Hall–Kier alpha value is -0.840. The van der Waals surface area contributed by atoms with Gasteiger partial charge in [-0.2, -0.15) is 0 Å². The minimum absolute atomic E-state index is 0.0667. The fraction of sp³-hybridized carbons (Fsp3) is 0.357. The third kappa shape index (κ3) is 3.59. The van der Waals surface area contributed by atoms with Gasteiger partial charge in [0.2, 0.25) is 0 Å². The molecule has 0 radical (unpaired) electrons. The van der Waals surface area contributed by atoms with Crippen LogP contribution in [0.15, 0.2) is 28.9 Å². The Kier molecular flexibility index (Phi) is 4.66. The highest BCUT2D eigenvalue weighted by molar-refractivity contribution is 9.10. The maximum atomic E-state index is 6.23. The summed E-state index contributed by atoms with van der Waals surface area (Å²) in [4.78, 5) is 7.62. The predicted molar refractivity (Wildman–Crippen MR) is 83.1 cm³/mol. The lowest BCUT2D eigenvalue weighted by Crippen LogP contribution is -2.14. The number of rotatable bonds is 4. The topological polar surface area (TPSA) is 54.7 Å². The number of nitrogens with two attached hydrogens (primary N) is 1. The molecular weight excluding hydrogens is 326 g/mol. The minimum Gasteiger partial charge on any atom is -0.341 e. The molecule has 1 atom stereocenters. The van der Waals surface area contributed by atoms with Crippen LogP contribution in [0.4, 0.5) is 0 Å². The molecule has 0 bridgehead atoms. The Morgan fingerprint density at radius 2 is 2.16 bits per heavy atom. The molecule has 102 valence electrons. The van der Waals surface area contributed by atoms with Gasteiger partial charge in [0.1, 0.15) is 5.82 Å². The van der Waals surface area contributed by atoms with Gasteiger partial charge in [-0.15, -0.1) is 0 Å². The first-order chi connectivity index (χ1) is 8.97. The predicted octanol–water partition coefficient (Wildman–Crippen LogP) is 4.54. The second-order valence-electron chi connectivity index (χ2n) is 5.04. The Balaban J connectivity index is 2.25. The molecule has 3 nitrogen and oxygen atoms in total. The van der Waals surface area contributed by atoms with E-state index in [1.807, 2.05) is 18.2 Å². The van der Waals surface area contributed by atoms with Crippen LogP contribution in [-0.4, -0.2) is 9.97 Å². The van der Waals surface area contributed by atoms with Crippen molar-refractivity contribution in [1.29, 1.82) is 0 Å². The molecular formula is C14H17BrClN3. The summed E-state index contributed by atoms with van der Waals surface area (Å²) in [7, 11) is 0. The molecule has 19 heavy (non-hydrogen) atoms. The molecule has 2 aromatic rings. The van der Waals surface area contributed by atoms with Crippen molar-refractivity contribution in [1.82, 2.24) is 9.97 Å². The number of hydrogen-bond acceptors (Lipinski definition) is 2. The van der Waals surface area contributed by atoms with E-state index < -0.39 is 0 Å². The van der Waals surface area contributed by atoms with E-state index in [4.69, 9.17) is 17.3 Å². The van der Waals surface area contributed by atoms with Gasteiger partial charge in [0.15, 0.2) is 0 Å². The van der Waals surface area contributed by atoms with E-state index in [0.29, 0.717) is 10.9 Å². The van der Waals surface area contributed by atoms with Gasteiger partial charge in [-0.25, -0.2) is 4.98 Å². The summed E-state index contributed by atoms with van der Waals surface area (Å²) < 4.78 is 0.956. The Labute approximate surface area is 126 Å². The van der Waals surface area contributed by atoms with E-state index in [1.165, 1.54) is 0 Å². The number of benzene rings is 1. The average Bonchev–Trinajstić information content (AvgIpc) is 2.77. The van der Waals surface area contributed by atoms with Crippen LogP contribution in [0.3, 0.4) is 0 Å². The second-order valence-corrected chi connectivity index (χ2v) is 6.37. The first kappa shape index (κ1) is 14.6. The first-order valence-corrected chi connectivity index (χ1v) is 7.40. The number of hydrogen-bond donors (Lipinski definition) is 2. The van der Waals surface area contributed by atoms with Gasteiger partial charge < -0.3 is 10.7 Å². The summed E-state index contributed by atoms with van der Waals surface area (Å²) >= 11 is 9.62. The zero-order valence-corrected chi connectivity index (χ0v) is 13.3. The van der Waals surface area contributed by atoms with Gasteiger partial charge in [0, 0.05) is 10.0 Å². The second kappa shape index (κ2) is 6.07. The van der Waals surface area contributed by atoms with E-state index in [-0.39, 0.29) is 6.04 Å². The zero-order valence-electron chi connectivity index (χ0n) is 11.0. The van der Waals surface area contributed by atoms with Crippen LogP contribution < -0.4 is 5.73 Å². The third-order valence-corrected chi connectivity index (χ3v) is 3.70. The van der Waals surface area contributed by atoms with E-state index in [0.717, 1.165) is 28.0 Å². The fourth-order valence-corrected chi connectivity index (χ4v) is 2.76. The minimum atomic E-state index is -0.0667. The SMILES string of the molecule is CC(C)CC(N)c1ncc(-c2ccc(Br)cc2Cl)[nH]1. The number of nitrogens with one attached hydrogen (secondary N) is 1. The van der Waals surface area contributed by atoms with Crippen molar-refractivity contribution in [2.75, 3.05) is 0 Å². The van der Waals surface area contributed by atoms with Gasteiger partial charge in [-0.1, -0.05) is 47.4 Å². The van der Waals surface area contributed by atoms with Crippen LogP contribution in [0.2, 0.25) is 5.02 Å². The molecule has 3 N–H and O–H groups in total. The van der Waals surface area contributed by atoms with E-state index in [2.05, 4.69) is 39.7 Å². The largest absolute Gasteiger partial charge is 0.341 e. The number of H-pyrrole nitrogens is 1. The monoisotopic (exact) mass is 341 g/mol. The lowest BCUT2D eigenvalue weighted by atomic mass is 10.0. The molecule has 0 saturated heterocycles. The van der Waals surface area contributed by atoms with E-state index in [9.17, 15) is 0 Å². The molecule has 1 heterocycles. The number of aromatic amines is 1. The van der Waals surface area contributed by atoms with Gasteiger partial charge in [-0.3, -0.25) is 0 Å².